The van der Waals surface area contributed by atoms with Crippen molar-refractivity contribution < 1.29 is 14.3 Å². The molecule has 0 N–H and O–H groups in total. The summed E-state index contributed by atoms with van der Waals surface area (Å²) in [6.07, 6.45) is 6.95. The summed E-state index contributed by atoms with van der Waals surface area (Å²) in [4.78, 5) is 23.4. The number of rotatable bonds is 8. The van der Waals surface area contributed by atoms with Gasteiger partial charge in [-0.25, -0.2) is 0 Å². The average molecular weight is 385 g/mol. The van der Waals surface area contributed by atoms with Crippen molar-refractivity contribution in [2.75, 3.05) is 0 Å². The fraction of sp³-hybridized carbons (Fsp3) is 0.391. The number of carbonyl (C=O) groups excluding carboxylic acids is 2. The van der Waals surface area contributed by atoms with Gasteiger partial charge in [0.2, 0.25) is 0 Å². The molecule has 0 atom stereocenters. The number of hydrogen-bond acceptors (Lipinski definition) is 3. The normalized spacial score (nSPS) is 18.6. The largest absolute Gasteiger partial charge is 0.426 e. The van der Waals surface area contributed by atoms with Crippen molar-refractivity contribution in [1.82, 2.24) is 0 Å². The number of unbranched alkanes of at least 4 members (excludes halogenated alkanes) is 2. The maximum atomic E-state index is 12.3. The first kappa shape index (κ1) is 19.6. The molecule has 1 fully saturated rings. The van der Waals surface area contributed by atoms with Crippen LogP contribution in [0.5, 0.6) is 5.75 Å². The Bertz CT molecular complexity index is 774. The molecule has 0 spiro atoms. The monoisotopic (exact) mass is 384 g/mol. The number of halogens is 1. The maximum Gasteiger partial charge on any atom is 0.314 e. The maximum absolute atomic E-state index is 12.3. The van der Waals surface area contributed by atoms with Crippen molar-refractivity contribution in [2.45, 2.75) is 45.4 Å². The fourth-order valence-corrected chi connectivity index (χ4v) is 3.68. The Morgan fingerprint density at radius 3 is 2.11 bits per heavy atom. The Hall–Kier alpha value is -2.13. The standard InChI is InChI=1S/C23H25ClO3/c1-2-3-4-5-16-14-20(15-16)23(26)27-21-12-10-18(11-13-21)17-6-8-19(9-7-17)22(24)25/h6-13,16,20H,2-5,14-15H2,1H3. The summed E-state index contributed by atoms with van der Waals surface area (Å²) >= 11 is 5.47. The minimum atomic E-state index is -0.465. The predicted octanol–water partition coefficient (Wildman–Crippen LogP) is 6.24. The zero-order valence-corrected chi connectivity index (χ0v) is 16.4. The molecule has 3 nitrogen and oxygen atoms in total. The summed E-state index contributed by atoms with van der Waals surface area (Å²) < 4.78 is 5.53. The quantitative estimate of drug-likeness (QED) is 0.234. The SMILES string of the molecule is CCCCCC1CC(C(=O)Oc2ccc(-c3ccc(C(=O)Cl)cc3)cc2)C1. The van der Waals surface area contributed by atoms with E-state index in [9.17, 15) is 9.59 Å². The lowest BCUT2D eigenvalue weighted by Crippen LogP contribution is -2.33. The van der Waals surface area contributed by atoms with Crippen molar-refractivity contribution in [3.8, 4) is 16.9 Å². The van der Waals surface area contributed by atoms with Crippen LogP contribution in [-0.4, -0.2) is 11.2 Å². The van der Waals surface area contributed by atoms with Crippen LogP contribution in [0.2, 0.25) is 0 Å². The molecule has 27 heavy (non-hydrogen) atoms. The van der Waals surface area contributed by atoms with Crippen LogP contribution in [0.1, 0.15) is 55.8 Å². The van der Waals surface area contributed by atoms with E-state index in [0.717, 1.165) is 24.0 Å². The van der Waals surface area contributed by atoms with Gasteiger partial charge in [0.05, 0.1) is 5.92 Å². The third kappa shape index (κ3) is 5.20. The van der Waals surface area contributed by atoms with Gasteiger partial charge in [0.15, 0.2) is 0 Å². The molecule has 0 heterocycles. The molecule has 2 aromatic carbocycles. The molecule has 0 saturated heterocycles. The van der Waals surface area contributed by atoms with Crippen LogP contribution in [0, 0.1) is 11.8 Å². The van der Waals surface area contributed by atoms with Crippen LogP contribution in [0.15, 0.2) is 48.5 Å². The fourth-order valence-electron chi connectivity index (χ4n) is 3.56. The highest BCUT2D eigenvalue weighted by atomic mass is 35.5. The molecule has 3 rings (SSSR count). The number of hydrogen-bond donors (Lipinski definition) is 0. The van der Waals surface area contributed by atoms with Crippen LogP contribution in [0.3, 0.4) is 0 Å². The van der Waals surface area contributed by atoms with E-state index in [-0.39, 0.29) is 11.9 Å². The van der Waals surface area contributed by atoms with Crippen LogP contribution < -0.4 is 4.74 Å². The van der Waals surface area contributed by atoms with Gasteiger partial charge in [-0.05, 0) is 65.8 Å². The Morgan fingerprint density at radius 2 is 1.56 bits per heavy atom. The van der Waals surface area contributed by atoms with Gasteiger partial charge < -0.3 is 4.74 Å². The molecule has 1 aliphatic rings. The minimum Gasteiger partial charge on any atom is -0.426 e. The third-order valence-corrected chi connectivity index (χ3v) is 5.52. The van der Waals surface area contributed by atoms with Crippen molar-refractivity contribution in [3.63, 3.8) is 0 Å². The van der Waals surface area contributed by atoms with Gasteiger partial charge in [0, 0.05) is 5.56 Å². The Kier molecular flexibility index (Phi) is 6.68. The first-order valence-electron chi connectivity index (χ1n) is 9.69. The second-order valence-electron chi connectivity index (χ2n) is 7.33. The van der Waals surface area contributed by atoms with E-state index in [4.69, 9.17) is 16.3 Å². The molecule has 0 unspecified atom stereocenters. The molecule has 2 aromatic rings. The molecule has 0 radical (unpaired) electrons. The van der Waals surface area contributed by atoms with E-state index < -0.39 is 5.24 Å². The average Bonchev–Trinajstić information content (AvgIpc) is 2.64. The molecule has 0 bridgehead atoms. The smallest absolute Gasteiger partial charge is 0.314 e. The van der Waals surface area contributed by atoms with Crippen LogP contribution in [-0.2, 0) is 4.79 Å². The minimum absolute atomic E-state index is 0.0527. The van der Waals surface area contributed by atoms with Crippen molar-refractivity contribution in [2.24, 2.45) is 11.8 Å². The van der Waals surface area contributed by atoms with Crippen molar-refractivity contribution in [3.05, 3.63) is 54.1 Å². The second kappa shape index (κ2) is 9.18. The van der Waals surface area contributed by atoms with Gasteiger partial charge in [-0.3, -0.25) is 9.59 Å². The summed E-state index contributed by atoms with van der Waals surface area (Å²) in [5.74, 6) is 1.21. The van der Waals surface area contributed by atoms with Gasteiger partial charge in [0.25, 0.3) is 5.24 Å². The molecular weight excluding hydrogens is 360 g/mol. The highest BCUT2D eigenvalue weighted by Crippen LogP contribution is 2.38. The van der Waals surface area contributed by atoms with E-state index in [1.165, 1.54) is 25.7 Å². The summed E-state index contributed by atoms with van der Waals surface area (Å²) in [6, 6.07) is 14.5. The zero-order valence-electron chi connectivity index (χ0n) is 15.6. The lowest BCUT2D eigenvalue weighted by molar-refractivity contribution is -0.143. The number of benzene rings is 2. The van der Waals surface area contributed by atoms with Crippen molar-refractivity contribution >= 4 is 22.8 Å². The molecule has 1 aliphatic carbocycles. The van der Waals surface area contributed by atoms with Gasteiger partial charge >= 0.3 is 5.97 Å². The molecule has 142 valence electrons. The zero-order chi connectivity index (χ0) is 19.2. The first-order valence-corrected chi connectivity index (χ1v) is 10.1. The van der Waals surface area contributed by atoms with Gasteiger partial charge in [-0.2, -0.15) is 0 Å². The molecule has 0 aromatic heterocycles. The van der Waals surface area contributed by atoms with E-state index >= 15 is 0 Å². The van der Waals surface area contributed by atoms with E-state index in [1.54, 1.807) is 12.1 Å². The number of esters is 1. The second-order valence-corrected chi connectivity index (χ2v) is 7.67. The molecule has 0 aliphatic heterocycles. The highest BCUT2D eigenvalue weighted by Gasteiger charge is 2.35. The number of carbonyl (C=O) groups is 2. The van der Waals surface area contributed by atoms with Gasteiger partial charge in [0.1, 0.15) is 5.75 Å². The van der Waals surface area contributed by atoms with E-state index in [1.807, 2.05) is 36.4 Å². The summed E-state index contributed by atoms with van der Waals surface area (Å²) in [6.45, 7) is 2.21. The molecule has 4 heteroatoms. The van der Waals surface area contributed by atoms with E-state index in [2.05, 4.69) is 6.92 Å². The molecular formula is C23H25ClO3. The predicted molar refractivity (Wildman–Crippen MR) is 108 cm³/mol. The first-order chi connectivity index (χ1) is 13.1. The van der Waals surface area contributed by atoms with Crippen LogP contribution in [0.25, 0.3) is 11.1 Å². The van der Waals surface area contributed by atoms with Gasteiger partial charge in [-0.15, -0.1) is 0 Å². The highest BCUT2D eigenvalue weighted by molar-refractivity contribution is 6.67. The van der Waals surface area contributed by atoms with Crippen LogP contribution >= 0.6 is 11.6 Å². The third-order valence-electron chi connectivity index (χ3n) is 5.30. The topological polar surface area (TPSA) is 43.4 Å². The molecule has 0 amide bonds. The Labute approximate surface area is 165 Å². The lowest BCUT2D eigenvalue weighted by Gasteiger charge is -2.33. The number of ether oxygens (including phenoxy) is 1. The Morgan fingerprint density at radius 1 is 0.963 bits per heavy atom. The van der Waals surface area contributed by atoms with E-state index in [0.29, 0.717) is 17.2 Å². The molecule has 1 saturated carbocycles. The Balaban J connectivity index is 1.51. The summed E-state index contributed by atoms with van der Waals surface area (Å²) in [5, 5.41) is -0.465. The van der Waals surface area contributed by atoms with Crippen LogP contribution in [0.4, 0.5) is 0 Å². The summed E-state index contributed by atoms with van der Waals surface area (Å²) in [7, 11) is 0. The van der Waals surface area contributed by atoms with Gasteiger partial charge in [-0.1, -0.05) is 56.9 Å². The van der Waals surface area contributed by atoms with Crippen molar-refractivity contribution in [1.29, 1.82) is 0 Å². The lowest BCUT2D eigenvalue weighted by atomic mass is 9.72. The summed E-state index contributed by atoms with van der Waals surface area (Å²) in [5.41, 5.74) is 2.44.